The summed E-state index contributed by atoms with van der Waals surface area (Å²) in [4.78, 5) is 22.4. The van der Waals surface area contributed by atoms with E-state index < -0.39 is 5.97 Å². The standard InChI is InChI=1S/C14H19NO4/c1-3-11(9-14(17)18)15-13(16)8-10-5-4-6-12(7-10)19-2/h4-7,11H,3,8-9H2,1-2H3,(H,15,16)(H,17,18). The van der Waals surface area contributed by atoms with Crippen LogP contribution in [0.4, 0.5) is 0 Å². The maximum atomic E-state index is 11.8. The third kappa shape index (κ3) is 5.42. The van der Waals surface area contributed by atoms with Crippen LogP contribution in [0.5, 0.6) is 5.75 Å². The first-order chi connectivity index (χ1) is 9.05. The summed E-state index contributed by atoms with van der Waals surface area (Å²) in [5, 5.41) is 11.4. The summed E-state index contributed by atoms with van der Waals surface area (Å²) < 4.78 is 5.08. The molecular formula is C14H19NO4. The summed E-state index contributed by atoms with van der Waals surface area (Å²) in [5.74, 6) is -0.391. The number of methoxy groups -OCH3 is 1. The Morgan fingerprint density at radius 1 is 1.42 bits per heavy atom. The highest BCUT2D eigenvalue weighted by atomic mass is 16.5. The van der Waals surface area contributed by atoms with Gasteiger partial charge in [-0.15, -0.1) is 0 Å². The van der Waals surface area contributed by atoms with Gasteiger partial charge in [0.15, 0.2) is 0 Å². The van der Waals surface area contributed by atoms with Gasteiger partial charge < -0.3 is 15.2 Å². The van der Waals surface area contributed by atoms with Crippen LogP contribution in [0, 0.1) is 0 Å². The first kappa shape index (κ1) is 15.0. The minimum Gasteiger partial charge on any atom is -0.497 e. The number of carbonyl (C=O) groups is 2. The van der Waals surface area contributed by atoms with Gasteiger partial charge in [-0.2, -0.15) is 0 Å². The lowest BCUT2D eigenvalue weighted by atomic mass is 10.1. The molecule has 0 aliphatic heterocycles. The SMILES string of the molecule is CCC(CC(=O)O)NC(=O)Cc1cccc(OC)c1. The molecule has 0 saturated carbocycles. The zero-order valence-corrected chi connectivity index (χ0v) is 11.2. The number of amides is 1. The molecule has 0 heterocycles. The first-order valence-corrected chi connectivity index (χ1v) is 6.19. The fourth-order valence-electron chi connectivity index (χ4n) is 1.75. The highest BCUT2D eigenvalue weighted by Gasteiger charge is 2.14. The Hall–Kier alpha value is -2.04. The number of hydrogen-bond donors (Lipinski definition) is 2. The van der Waals surface area contributed by atoms with Crippen molar-refractivity contribution in [2.75, 3.05) is 7.11 Å². The molecule has 0 aliphatic rings. The van der Waals surface area contributed by atoms with Gasteiger partial charge in [0.05, 0.1) is 20.0 Å². The van der Waals surface area contributed by atoms with Crippen LogP contribution in [0.15, 0.2) is 24.3 Å². The molecule has 1 atom stereocenters. The van der Waals surface area contributed by atoms with Gasteiger partial charge in [0.2, 0.25) is 5.91 Å². The van der Waals surface area contributed by atoms with E-state index >= 15 is 0 Å². The molecule has 5 heteroatoms. The van der Waals surface area contributed by atoms with Crippen LogP contribution in [0.1, 0.15) is 25.3 Å². The Morgan fingerprint density at radius 2 is 2.16 bits per heavy atom. The maximum Gasteiger partial charge on any atom is 0.305 e. The van der Waals surface area contributed by atoms with Gasteiger partial charge in [-0.3, -0.25) is 9.59 Å². The van der Waals surface area contributed by atoms with Crippen LogP contribution >= 0.6 is 0 Å². The molecular weight excluding hydrogens is 246 g/mol. The lowest BCUT2D eigenvalue weighted by Gasteiger charge is -2.14. The normalized spacial score (nSPS) is 11.7. The second-order valence-corrected chi connectivity index (χ2v) is 4.30. The Labute approximate surface area is 112 Å². The van der Waals surface area contributed by atoms with E-state index in [4.69, 9.17) is 9.84 Å². The molecule has 1 aromatic carbocycles. The topological polar surface area (TPSA) is 75.6 Å². The van der Waals surface area contributed by atoms with Gasteiger partial charge in [0, 0.05) is 6.04 Å². The second-order valence-electron chi connectivity index (χ2n) is 4.30. The number of nitrogens with one attached hydrogen (secondary N) is 1. The van der Waals surface area contributed by atoms with Crippen molar-refractivity contribution in [1.29, 1.82) is 0 Å². The van der Waals surface area contributed by atoms with Gasteiger partial charge in [-0.1, -0.05) is 19.1 Å². The molecule has 19 heavy (non-hydrogen) atoms. The van der Waals surface area contributed by atoms with E-state index in [-0.39, 0.29) is 24.8 Å². The van der Waals surface area contributed by atoms with Gasteiger partial charge >= 0.3 is 5.97 Å². The summed E-state index contributed by atoms with van der Waals surface area (Å²) in [7, 11) is 1.57. The molecule has 104 valence electrons. The number of benzene rings is 1. The third-order valence-corrected chi connectivity index (χ3v) is 2.78. The Balaban J connectivity index is 2.56. The number of rotatable bonds is 7. The molecule has 0 radical (unpaired) electrons. The summed E-state index contributed by atoms with van der Waals surface area (Å²) in [6.45, 7) is 1.85. The second kappa shape index (κ2) is 7.41. The fraction of sp³-hybridized carbons (Fsp3) is 0.429. The van der Waals surface area contributed by atoms with Crippen LogP contribution in [0.3, 0.4) is 0 Å². The quantitative estimate of drug-likeness (QED) is 0.785. The molecule has 0 bridgehead atoms. The number of carbonyl (C=O) groups excluding carboxylic acids is 1. The zero-order chi connectivity index (χ0) is 14.3. The van der Waals surface area contributed by atoms with Gasteiger partial charge in [-0.25, -0.2) is 0 Å². The lowest BCUT2D eigenvalue weighted by molar-refractivity contribution is -0.137. The van der Waals surface area contributed by atoms with E-state index in [1.807, 2.05) is 19.1 Å². The highest BCUT2D eigenvalue weighted by Crippen LogP contribution is 2.13. The van der Waals surface area contributed by atoms with Crippen molar-refractivity contribution < 1.29 is 19.4 Å². The van der Waals surface area contributed by atoms with Crippen LogP contribution in [-0.2, 0) is 16.0 Å². The van der Waals surface area contributed by atoms with Crippen LogP contribution in [-0.4, -0.2) is 30.1 Å². The number of ether oxygens (including phenoxy) is 1. The molecule has 0 spiro atoms. The van der Waals surface area contributed by atoms with Crippen molar-refractivity contribution in [3.8, 4) is 5.75 Å². The average molecular weight is 265 g/mol. The largest absolute Gasteiger partial charge is 0.497 e. The Kier molecular flexibility index (Phi) is 5.85. The number of aliphatic carboxylic acids is 1. The van der Waals surface area contributed by atoms with E-state index in [0.717, 1.165) is 5.56 Å². The first-order valence-electron chi connectivity index (χ1n) is 6.19. The summed E-state index contributed by atoms with van der Waals surface area (Å²) in [6.07, 6.45) is 0.754. The monoisotopic (exact) mass is 265 g/mol. The van der Waals surface area contributed by atoms with Crippen molar-refractivity contribution in [3.05, 3.63) is 29.8 Å². The lowest BCUT2D eigenvalue weighted by Crippen LogP contribution is -2.36. The van der Waals surface area contributed by atoms with Crippen molar-refractivity contribution in [2.45, 2.75) is 32.2 Å². The van der Waals surface area contributed by atoms with Crippen LogP contribution in [0.2, 0.25) is 0 Å². The predicted molar refractivity (Wildman–Crippen MR) is 71.2 cm³/mol. The number of hydrogen-bond acceptors (Lipinski definition) is 3. The fourth-order valence-corrected chi connectivity index (χ4v) is 1.75. The summed E-state index contributed by atoms with van der Waals surface area (Å²) >= 11 is 0. The summed E-state index contributed by atoms with van der Waals surface area (Å²) in [6, 6.07) is 6.92. The minimum atomic E-state index is -0.909. The van der Waals surface area contributed by atoms with Crippen molar-refractivity contribution in [2.24, 2.45) is 0 Å². The molecule has 5 nitrogen and oxygen atoms in total. The molecule has 1 rings (SSSR count). The van der Waals surface area contributed by atoms with Gasteiger partial charge in [-0.05, 0) is 24.1 Å². The molecule has 0 aromatic heterocycles. The smallest absolute Gasteiger partial charge is 0.305 e. The molecule has 0 saturated heterocycles. The van der Waals surface area contributed by atoms with E-state index in [1.54, 1.807) is 19.2 Å². The molecule has 0 fully saturated rings. The highest BCUT2D eigenvalue weighted by molar-refractivity contribution is 5.79. The predicted octanol–water partition coefficient (Wildman–Crippen LogP) is 1.61. The molecule has 1 aromatic rings. The average Bonchev–Trinajstić information content (AvgIpc) is 2.37. The number of carboxylic acids is 1. The Bertz CT molecular complexity index is 445. The van der Waals surface area contributed by atoms with E-state index in [2.05, 4.69) is 5.32 Å². The van der Waals surface area contributed by atoms with E-state index in [1.165, 1.54) is 0 Å². The Morgan fingerprint density at radius 3 is 2.74 bits per heavy atom. The molecule has 0 aliphatic carbocycles. The summed E-state index contributed by atoms with van der Waals surface area (Å²) in [5.41, 5.74) is 0.835. The minimum absolute atomic E-state index is 0.0552. The van der Waals surface area contributed by atoms with Crippen molar-refractivity contribution >= 4 is 11.9 Å². The molecule has 2 N–H and O–H groups in total. The van der Waals surface area contributed by atoms with Gasteiger partial charge in [0.1, 0.15) is 5.75 Å². The van der Waals surface area contributed by atoms with Crippen LogP contribution in [0.25, 0.3) is 0 Å². The number of carboxylic acid groups (broad SMARTS) is 1. The molecule has 1 unspecified atom stereocenters. The van der Waals surface area contributed by atoms with E-state index in [0.29, 0.717) is 12.2 Å². The van der Waals surface area contributed by atoms with Crippen molar-refractivity contribution in [3.63, 3.8) is 0 Å². The molecule has 1 amide bonds. The third-order valence-electron chi connectivity index (χ3n) is 2.78. The maximum absolute atomic E-state index is 11.8. The van der Waals surface area contributed by atoms with E-state index in [9.17, 15) is 9.59 Å². The van der Waals surface area contributed by atoms with Crippen LogP contribution < -0.4 is 10.1 Å². The van der Waals surface area contributed by atoms with Crippen molar-refractivity contribution in [1.82, 2.24) is 5.32 Å². The van der Waals surface area contributed by atoms with Gasteiger partial charge in [0.25, 0.3) is 0 Å². The zero-order valence-electron chi connectivity index (χ0n) is 11.2.